The van der Waals surface area contributed by atoms with Crippen molar-refractivity contribution in [2.24, 2.45) is 5.92 Å². The minimum Gasteiger partial charge on any atom is -0.453 e. The number of rotatable bonds is 8. The van der Waals surface area contributed by atoms with Crippen molar-refractivity contribution >= 4 is 21.8 Å². The van der Waals surface area contributed by atoms with Crippen molar-refractivity contribution in [3.63, 3.8) is 0 Å². The lowest BCUT2D eigenvalue weighted by atomic mass is 9.86. The van der Waals surface area contributed by atoms with Gasteiger partial charge in [0, 0.05) is 18.4 Å². The normalized spacial score (nSPS) is 16.1. The molecule has 1 aromatic carbocycles. The highest BCUT2D eigenvalue weighted by molar-refractivity contribution is 7.88. The number of nitrogens with one attached hydrogen (secondary N) is 2. The number of methoxy groups -OCH3 is 1. The average Bonchev–Trinajstić information content (AvgIpc) is 3.51. The number of benzene rings is 1. The van der Waals surface area contributed by atoms with Gasteiger partial charge >= 0.3 is 6.09 Å². The molecule has 7 nitrogen and oxygen atoms in total. The molecule has 0 spiro atoms. The third-order valence-corrected chi connectivity index (χ3v) is 5.70. The number of amides is 1. The maximum Gasteiger partial charge on any atom is 0.411 e. The monoisotopic (exact) mass is 421 g/mol. The van der Waals surface area contributed by atoms with Crippen LogP contribution in [0.2, 0.25) is 0 Å². The van der Waals surface area contributed by atoms with Crippen molar-refractivity contribution in [2.75, 3.05) is 18.7 Å². The molecule has 1 fully saturated rings. The Kier molecular flexibility index (Phi) is 6.49. The summed E-state index contributed by atoms with van der Waals surface area (Å²) in [5.41, 5.74) is 1.59. The van der Waals surface area contributed by atoms with Gasteiger partial charge in [-0.1, -0.05) is 6.07 Å². The van der Waals surface area contributed by atoms with Gasteiger partial charge in [0.2, 0.25) is 10.0 Å². The second-order valence-corrected chi connectivity index (χ2v) is 9.04. The van der Waals surface area contributed by atoms with Crippen LogP contribution in [-0.2, 0) is 14.8 Å². The van der Waals surface area contributed by atoms with E-state index in [2.05, 4.69) is 19.8 Å². The molecule has 0 aliphatic heterocycles. The predicted octanol–water partition coefficient (Wildman–Crippen LogP) is 3.57. The zero-order valence-corrected chi connectivity index (χ0v) is 17.1. The Labute approximate surface area is 169 Å². The van der Waals surface area contributed by atoms with Gasteiger partial charge in [-0.2, -0.15) is 0 Å². The van der Waals surface area contributed by atoms with E-state index in [4.69, 9.17) is 0 Å². The number of sulfonamides is 1. The Balaban J connectivity index is 1.93. The molecule has 9 heteroatoms. The van der Waals surface area contributed by atoms with Gasteiger partial charge in [-0.05, 0) is 66.5 Å². The molecule has 1 aliphatic rings. The van der Waals surface area contributed by atoms with Gasteiger partial charge in [-0.3, -0.25) is 10.3 Å². The highest BCUT2D eigenvalue weighted by Gasteiger charge is 2.35. The second kappa shape index (κ2) is 8.87. The molecule has 0 bridgehead atoms. The number of pyridine rings is 1. The van der Waals surface area contributed by atoms with Crippen LogP contribution < -0.4 is 10.0 Å². The highest BCUT2D eigenvalue weighted by atomic mass is 32.2. The highest BCUT2D eigenvalue weighted by Crippen LogP contribution is 2.46. The molecule has 3 rings (SSSR count). The Bertz CT molecular complexity index is 965. The number of halogens is 1. The van der Waals surface area contributed by atoms with E-state index in [0.717, 1.165) is 24.7 Å². The van der Waals surface area contributed by atoms with Crippen LogP contribution in [0.1, 0.15) is 42.3 Å². The number of aromatic nitrogens is 1. The van der Waals surface area contributed by atoms with E-state index in [1.165, 1.54) is 25.3 Å². The van der Waals surface area contributed by atoms with Gasteiger partial charge < -0.3 is 4.74 Å². The Morgan fingerprint density at radius 2 is 1.93 bits per heavy atom. The van der Waals surface area contributed by atoms with E-state index >= 15 is 0 Å². The van der Waals surface area contributed by atoms with Gasteiger partial charge in [0.05, 0.1) is 19.1 Å². The van der Waals surface area contributed by atoms with Crippen LogP contribution >= 0.6 is 0 Å². The lowest BCUT2D eigenvalue weighted by Crippen LogP contribution is -2.29. The fourth-order valence-electron chi connectivity index (χ4n) is 3.49. The number of ether oxygens (including phenoxy) is 1. The minimum absolute atomic E-state index is 0.0680. The second-order valence-electron chi connectivity index (χ2n) is 7.26. The predicted molar refractivity (Wildman–Crippen MR) is 107 cm³/mol. The zero-order valence-electron chi connectivity index (χ0n) is 16.3. The first-order valence-electron chi connectivity index (χ1n) is 9.28. The topological polar surface area (TPSA) is 97.4 Å². The van der Waals surface area contributed by atoms with Crippen LogP contribution in [0.15, 0.2) is 42.7 Å². The molecule has 1 aromatic heterocycles. The Hall–Kier alpha value is -2.52. The van der Waals surface area contributed by atoms with E-state index in [1.807, 2.05) is 12.1 Å². The van der Waals surface area contributed by atoms with Gasteiger partial charge in [-0.25, -0.2) is 22.3 Å². The first kappa shape index (κ1) is 21.2. The van der Waals surface area contributed by atoms with E-state index in [0.29, 0.717) is 17.9 Å². The van der Waals surface area contributed by atoms with Crippen molar-refractivity contribution in [3.8, 4) is 0 Å². The molecule has 1 amide bonds. The standard InChI is InChI=1S/C20H24FN3O4S/c1-28-20(25)23-19-11-15(5-6-17(19)21)18(24-29(2,26)27)12-16(13-3-4-13)14-7-9-22-10-8-14/h5-11,13,16,18,24H,3-4,12H2,1-2H3,(H,23,25). The van der Waals surface area contributed by atoms with Gasteiger partial charge in [0.1, 0.15) is 5.82 Å². The summed E-state index contributed by atoms with van der Waals surface area (Å²) < 4.78 is 45.3. The van der Waals surface area contributed by atoms with Gasteiger partial charge in [-0.15, -0.1) is 0 Å². The van der Waals surface area contributed by atoms with Crippen LogP contribution in [0.5, 0.6) is 0 Å². The van der Waals surface area contributed by atoms with Crippen molar-refractivity contribution in [1.82, 2.24) is 9.71 Å². The van der Waals surface area contributed by atoms with Crippen molar-refractivity contribution in [2.45, 2.75) is 31.2 Å². The summed E-state index contributed by atoms with van der Waals surface area (Å²) in [5.74, 6) is -0.0289. The van der Waals surface area contributed by atoms with Crippen LogP contribution in [0.25, 0.3) is 0 Å². The molecule has 1 heterocycles. The van der Waals surface area contributed by atoms with Crippen LogP contribution in [0.4, 0.5) is 14.9 Å². The third-order valence-electron chi connectivity index (χ3n) is 4.99. The molecule has 2 N–H and O–H groups in total. The molecular formula is C20H24FN3O4S. The summed E-state index contributed by atoms with van der Waals surface area (Å²) >= 11 is 0. The zero-order chi connectivity index (χ0) is 21.0. The maximum atomic E-state index is 14.1. The van der Waals surface area contributed by atoms with Gasteiger partial charge in [0.15, 0.2) is 0 Å². The number of carbonyl (C=O) groups is 1. The summed E-state index contributed by atoms with van der Waals surface area (Å²) in [6.07, 6.45) is 6.40. The van der Waals surface area contributed by atoms with Crippen LogP contribution in [0, 0.1) is 11.7 Å². The van der Waals surface area contributed by atoms with E-state index in [1.54, 1.807) is 12.4 Å². The fraction of sp³-hybridized carbons (Fsp3) is 0.400. The quantitative estimate of drug-likeness (QED) is 0.679. The number of hydrogen-bond acceptors (Lipinski definition) is 5. The SMILES string of the molecule is COC(=O)Nc1cc(C(CC(c2ccncc2)C2CC2)NS(C)(=O)=O)ccc1F. The fourth-order valence-corrected chi connectivity index (χ4v) is 4.24. The minimum atomic E-state index is -3.52. The number of carbonyl (C=O) groups excluding carboxylic acids is 1. The number of hydrogen-bond donors (Lipinski definition) is 2. The molecule has 2 unspecified atom stereocenters. The first-order chi connectivity index (χ1) is 13.8. The molecule has 1 saturated carbocycles. The molecule has 0 saturated heterocycles. The van der Waals surface area contributed by atoms with E-state index in [9.17, 15) is 17.6 Å². The molecule has 0 radical (unpaired) electrons. The molecule has 29 heavy (non-hydrogen) atoms. The molecule has 2 aromatic rings. The lowest BCUT2D eigenvalue weighted by molar-refractivity contribution is 0.186. The molecular weight excluding hydrogens is 397 g/mol. The van der Waals surface area contributed by atoms with Crippen molar-refractivity contribution in [1.29, 1.82) is 0 Å². The smallest absolute Gasteiger partial charge is 0.411 e. The summed E-state index contributed by atoms with van der Waals surface area (Å²) in [4.78, 5) is 15.5. The summed E-state index contributed by atoms with van der Waals surface area (Å²) in [5, 5.41) is 2.32. The molecule has 2 atom stereocenters. The largest absolute Gasteiger partial charge is 0.453 e. The summed E-state index contributed by atoms with van der Waals surface area (Å²) in [7, 11) is -2.34. The van der Waals surface area contributed by atoms with Crippen LogP contribution in [0.3, 0.4) is 0 Å². The third kappa shape index (κ3) is 5.98. The summed E-state index contributed by atoms with van der Waals surface area (Å²) in [6, 6.07) is 7.46. The van der Waals surface area contributed by atoms with Crippen LogP contribution in [-0.4, -0.2) is 32.9 Å². The Morgan fingerprint density at radius 3 is 2.52 bits per heavy atom. The lowest BCUT2D eigenvalue weighted by Gasteiger charge is -2.25. The molecule has 1 aliphatic carbocycles. The number of anilines is 1. The van der Waals surface area contributed by atoms with Crippen molar-refractivity contribution in [3.05, 3.63) is 59.7 Å². The number of nitrogens with zero attached hydrogens (tertiary/aromatic N) is 1. The average molecular weight is 421 g/mol. The van der Waals surface area contributed by atoms with Crippen molar-refractivity contribution < 1.29 is 22.3 Å². The van der Waals surface area contributed by atoms with E-state index < -0.39 is 28.0 Å². The van der Waals surface area contributed by atoms with E-state index in [-0.39, 0.29) is 11.6 Å². The first-order valence-corrected chi connectivity index (χ1v) is 11.2. The van der Waals surface area contributed by atoms with Gasteiger partial charge in [0.25, 0.3) is 0 Å². The maximum absolute atomic E-state index is 14.1. The summed E-state index contributed by atoms with van der Waals surface area (Å²) in [6.45, 7) is 0. The Morgan fingerprint density at radius 1 is 1.24 bits per heavy atom. The molecule has 156 valence electrons.